The second-order valence-corrected chi connectivity index (χ2v) is 5.24. The summed E-state index contributed by atoms with van der Waals surface area (Å²) in [4.78, 5) is 16.4. The zero-order chi connectivity index (χ0) is 14.7. The van der Waals surface area contributed by atoms with Crippen LogP contribution in [-0.4, -0.2) is 10.9 Å². The number of amides is 1. The van der Waals surface area contributed by atoms with Gasteiger partial charge in [0, 0.05) is 11.6 Å². The number of anilines is 1. The lowest BCUT2D eigenvalue weighted by Crippen LogP contribution is -2.25. The van der Waals surface area contributed by atoms with Gasteiger partial charge in [0.2, 0.25) is 5.91 Å². The molecule has 5 heteroatoms. The molecule has 0 aliphatic carbocycles. The Morgan fingerprint density at radius 3 is 2.80 bits per heavy atom. The highest BCUT2D eigenvalue weighted by Crippen LogP contribution is 2.28. The van der Waals surface area contributed by atoms with Gasteiger partial charge in [0.15, 0.2) is 0 Å². The third kappa shape index (κ3) is 2.73. The predicted molar refractivity (Wildman–Crippen MR) is 79.3 cm³/mol. The highest BCUT2D eigenvalue weighted by molar-refractivity contribution is 6.35. The summed E-state index contributed by atoms with van der Waals surface area (Å²) in [6, 6.07) is 9.05. The van der Waals surface area contributed by atoms with Gasteiger partial charge in [-0.05, 0) is 30.2 Å². The maximum Gasteiger partial charge on any atom is 0.242 e. The number of fused-ring (bicyclic) bond motifs is 1. The van der Waals surface area contributed by atoms with E-state index in [0.29, 0.717) is 16.2 Å². The van der Waals surface area contributed by atoms with Crippen molar-refractivity contribution < 1.29 is 4.79 Å². The number of rotatable bonds is 3. The van der Waals surface area contributed by atoms with Crippen molar-refractivity contribution in [1.82, 2.24) is 4.98 Å². The molecule has 1 aromatic carbocycles. The number of hydrogen-bond donors (Lipinski definition) is 1. The molecule has 1 unspecified atom stereocenters. The van der Waals surface area contributed by atoms with Crippen molar-refractivity contribution in [3.63, 3.8) is 0 Å². The van der Waals surface area contributed by atoms with Gasteiger partial charge in [-0.25, -0.2) is 0 Å². The van der Waals surface area contributed by atoms with Gasteiger partial charge in [0.1, 0.15) is 5.92 Å². The van der Waals surface area contributed by atoms with Crippen molar-refractivity contribution in [2.75, 3.05) is 5.32 Å². The number of carbonyl (C=O) groups is 1. The molecule has 2 rings (SSSR count). The molecule has 2 aromatic rings. The first-order chi connectivity index (χ1) is 9.54. The summed E-state index contributed by atoms with van der Waals surface area (Å²) in [6.07, 6.45) is 1.64. The van der Waals surface area contributed by atoms with Crippen molar-refractivity contribution in [3.05, 3.63) is 35.5 Å². The molecule has 20 heavy (non-hydrogen) atoms. The molecule has 4 nitrogen and oxygen atoms in total. The molecule has 1 amide bonds. The average Bonchev–Trinajstić information content (AvgIpc) is 2.42. The van der Waals surface area contributed by atoms with E-state index in [1.807, 2.05) is 26.0 Å². The molecule has 1 heterocycles. The van der Waals surface area contributed by atoms with E-state index in [9.17, 15) is 4.79 Å². The largest absolute Gasteiger partial charge is 0.323 e. The maximum atomic E-state index is 12.1. The Hall–Kier alpha value is -2.12. The van der Waals surface area contributed by atoms with E-state index in [0.717, 1.165) is 5.39 Å². The molecule has 0 bridgehead atoms. The zero-order valence-corrected chi connectivity index (χ0v) is 12.0. The molecule has 1 N–H and O–H groups in total. The fraction of sp³-hybridized carbons (Fsp3) is 0.267. The average molecular weight is 288 g/mol. The van der Waals surface area contributed by atoms with Gasteiger partial charge in [-0.1, -0.05) is 25.4 Å². The van der Waals surface area contributed by atoms with E-state index in [2.05, 4.69) is 10.3 Å². The number of nitrogens with one attached hydrogen (secondary N) is 1. The Kier molecular flexibility index (Phi) is 4.21. The lowest BCUT2D eigenvalue weighted by molar-refractivity contribution is -0.119. The lowest BCUT2D eigenvalue weighted by atomic mass is 9.96. The van der Waals surface area contributed by atoms with E-state index in [-0.39, 0.29) is 11.8 Å². The second kappa shape index (κ2) is 5.89. The Morgan fingerprint density at radius 2 is 2.15 bits per heavy atom. The Labute approximate surface area is 122 Å². The molecule has 1 aromatic heterocycles. The van der Waals surface area contributed by atoms with Crippen LogP contribution in [0.5, 0.6) is 0 Å². The summed E-state index contributed by atoms with van der Waals surface area (Å²) >= 11 is 6.10. The van der Waals surface area contributed by atoms with Crippen LogP contribution in [0.3, 0.4) is 0 Å². The van der Waals surface area contributed by atoms with Crippen LogP contribution in [0.1, 0.15) is 13.8 Å². The molecule has 0 fully saturated rings. The lowest BCUT2D eigenvalue weighted by Gasteiger charge is -2.14. The van der Waals surface area contributed by atoms with Crippen LogP contribution in [0.4, 0.5) is 5.69 Å². The minimum Gasteiger partial charge on any atom is -0.323 e. The summed E-state index contributed by atoms with van der Waals surface area (Å²) in [6.45, 7) is 3.68. The van der Waals surface area contributed by atoms with Gasteiger partial charge >= 0.3 is 0 Å². The SMILES string of the molecule is CC(C)C(C#N)C(=O)Nc1ccc(Cl)c2cccnc12. The van der Waals surface area contributed by atoms with Crippen LogP contribution in [0.2, 0.25) is 5.02 Å². The van der Waals surface area contributed by atoms with Crippen LogP contribution in [0, 0.1) is 23.2 Å². The van der Waals surface area contributed by atoms with Gasteiger partial charge in [-0.15, -0.1) is 0 Å². The third-order valence-electron chi connectivity index (χ3n) is 3.06. The molecular formula is C15H14ClN3O. The number of carbonyl (C=O) groups excluding carboxylic acids is 1. The Bertz CT molecular complexity index is 691. The quantitative estimate of drug-likeness (QED) is 0.937. The maximum absolute atomic E-state index is 12.1. The van der Waals surface area contributed by atoms with Crippen molar-refractivity contribution >= 4 is 34.1 Å². The zero-order valence-electron chi connectivity index (χ0n) is 11.2. The van der Waals surface area contributed by atoms with E-state index >= 15 is 0 Å². The van der Waals surface area contributed by atoms with Gasteiger partial charge in [0.25, 0.3) is 0 Å². The summed E-state index contributed by atoms with van der Waals surface area (Å²) in [5.41, 5.74) is 1.18. The highest BCUT2D eigenvalue weighted by atomic mass is 35.5. The van der Waals surface area contributed by atoms with E-state index in [1.54, 1.807) is 24.4 Å². The first-order valence-electron chi connectivity index (χ1n) is 6.28. The molecule has 0 saturated heterocycles. The molecule has 0 aliphatic heterocycles. The van der Waals surface area contributed by atoms with Crippen LogP contribution in [0.15, 0.2) is 30.5 Å². The molecule has 1 atom stereocenters. The third-order valence-corrected chi connectivity index (χ3v) is 3.39. The van der Waals surface area contributed by atoms with E-state index < -0.39 is 5.92 Å². The molecule has 102 valence electrons. The molecule has 0 spiro atoms. The second-order valence-electron chi connectivity index (χ2n) is 4.83. The van der Waals surface area contributed by atoms with E-state index in [1.165, 1.54) is 0 Å². The number of nitrogens with zero attached hydrogens (tertiary/aromatic N) is 2. The standard InChI is InChI=1S/C15H14ClN3O/c1-9(2)11(8-17)15(20)19-13-6-5-12(16)10-4-3-7-18-14(10)13/h3-7,9,11H,1-2H3,(H,19,20). The fourth-order valence-electron chi connectivity index (χ4n) is 1.96. The van der Waals surface area contributed by atoms with E-state index in [4.69, 9.17) is 16.9 Å². The van der Waals surface area contributed by atoms with Crippen molar-refractivity contribution in [3.8, 4) is 6.07 Å². The van der Waals surface area contributed by atoms with Crippen LogP contribution >= 0.6 is 11.6 Å². The first kappa shape index (κ1) is 14.3. The monoisotopic (exact) mass is 287 g/mol. The fourth-order valence-corrected chi connectivity index (χ4v) is 2.18. The van der Waals surface area contributed by atoms with Crippen LogP contribution in [-0.2, 0) is 4.79 Å². The Morgan fingerprint density at radius 1 is 1.40 bits per heavy atom. The minimum atomic E-state index is -0.690. The van der Waals surface area contributed by atoms with Crippen molar-refractivity contribution in [2.45, 2.75) is 13.8 Å². The number of aromatic nitrogens is 1. The van der Waals surface area contributed by atoms with Crippen LogP contribution < -0.4 is 5.32 Å². The first-order valence-corrected chi connectivity index (χ1v) is 6.66. The molecule has 0 saturated carbocycles. The minimum absolute atomic E-state index is 0.0495. The normalized spacial score (nSPS) is 12.2. The number of hydrogen-bond acceptors (Lipinski definition) is 3. The Balaban J connectivity index is 2.38. The number of benzene rings is 1. The number of nitriles is 1. The summed E-state index contributed by atoms with van der Waals surface area (Å²) in [7, 11) is 0. The van der Waals surface area contributed by atoms with Crippen molar-refractivity contribution in [2.24, 2.45) is 11.8 Å². The van der Waals surface area contributed by atoms with Gasteiger partial charge < -0.3 is 5.32 Å². The molecular weight excluding hydrogens is 274 g/mol. The number of pyridine rings is 1. The van der Waals surface area contributed by atoms with Crippen molar-refractivity contribution in [1.29, 1.82) is 5.26 Å². The van der Waals surface area contributed by atoms with Gasteiger partial charge in [-0.2, -0.15) is 5.26 Å². The molecule has 0 aliphatic rings. The molecule has 0 radical (unpaired) electrons. The number of halogens is 1. The summed E-state index contributed by atoms with van der Waals surface area (Å²) < 4.78 is 0. The summed E-state index contributed by atoms with van der Waals surface area (Å²) in [5, 5.41) is 13.2. The van der Waals surface area contributed by atoms with Gasteiger partial charge in [0.05, 0.1) is 22.3 Å². The highest BCUT2D eigenvalue weighted by Gasteiger charge is 2.22. The smallest absolute Gasteiger partial charge is 0.242 e. The van der Waals surface area contributed by atoms with Gasteiger partial charge in [-0.3, -0.25) is 9.78 Å². The topological polar surface area (TPSA) is 65.8 Å². The predicted octanol–water partition coefficient (Wildman–Crippen LogP) is 3.62. The summed E-state index contributed by atoms with van der Waals surface area (Å²) in [5.74, 6) is -1.06. The van der Waals surface area contributed by atoms with Crippen LogP contribution in [0.25, 0.3) is 10.9 Å².